The van der Waals surface area contributed by atoms with Crippen LogP contribution in [0.5, 0.6) is 0 Å². The summed E-state index contributed by atoms with van der Waals surface area (Å²) in [5.41, 5.74) is 1.29. The summed E-state index contributed by atoms with van der Waals surface area (Å²) < 4.78 is 0. The molecule has 0 saturated carbocycles. The van der Waals surface area contributed by atoms with Gasteiger partial charge in [-0.15, -0.1) is 0 Å². The van der Waals surface area contributed by atoms with Crippen LogP contribution in [0.15, 0.2) is 24.3 Å². The van der Waals surface area contributed by atoms with Crippen LogP contribution in [0.3, 0.4) is 0 Å². The number of nitrogens with one attached hydrogen (secondary N) is 1. The zero-order valence-corrected chi connectivity index (χ0v) is 10.9. The molecule has 1 aromatic carbocycles. The smallest absolute Gasteiger partial charge is 0.0409 e. The molecule has 0 aliphatic rings. The van der Waals surface area contributed by atoms with E-state index in [2.05, 4.69) is 23.2 Å². The van der Waals surface area contributed by atoms with Gasteiger partial charge in [-0.2, -0.15) is 0 Å². The summed E-state index contributed by atoms with van der Waals surface area (Å²) >= 11 is 5.98. The average molecular weight is 241 g/mol. The van der Waals surface area contributed by atoms with Crippen molar-refractivity contribution in [1.82, 2.24) is 10.2 Å². The first-order chi connectivity index (χ1) is 7.76. The first-order valence-electron chi connectivity index (χ1n) is 5.87. The normalized spacial score (nSPS) is 11.0. The Bertz CT molecular complexity index is 302. The highest BCUT2D eigenvalue weighted by Gasteiger charge is 2.04. The Morgan fingerprint density at radius 3 is 2.75 bits per heavy atom. The van der Waals surface area contributed by atoms with Crippen molar-refractivity contribution in [2.45, 2.75) is 19.9 Å². The second-order valence-corrected chi connectivity index (χ2v) is 4.45. The summed E-state index contributed by atoms with van der Waals surface area (Å²) in [5.74, 6) is 0. The minimum atomic E-state index is 0.822. The van der Waals surface area contributed by atoms with Gasteiger partial charge in [0, 0.05) is 24.7 Å². The van der Waals surface area contributed by atoms with Crippen molar-refractivity contribution >= 4 is 11.6 Å². The lowest BCUT2D eigenvalue weighted by Crippen LogP contribution is -2.31. The molecule has 1 aromatic rings. The third-order valence-corrected chi connectivity index (χ3v) is 2.75. The van der Waals surface area contributed by atoms with Gasteiger partial charge in [-0.3, -0.25) is 4.90 Å². The first-order valence-corrected chi connectivity index (χ1v) is 6.25. The molecule has 0 unspecified atom stereocenters. The zero-order chi connectivity index (χ0) is 11.8. The highest BCUT2D eigenvalue weighted by Crippen LogP contribution is 2.12. The maximum atomic E-state index is 5.98. The molecule has 0 aromatic heterocycles. The molecular weight excluding hydrogens is 220 g/mol. The fourth-order valence-electron chi connectivity index (χ4n) is 1.75. The van der Waals surface area contributed by atoms with Gasteiger partial charge in [0.15, 0.2) is 0 Å². The first kappa shape index (κ1) is 13.5. The van der Waals surface area contributed by atoms with Crippen LogP contribution in [0, 0.1) is 0 Å². The molecule has 16 heavy (non-hydrogen) atoms. The Balaban J connectivity index is 2.52. The monoisotopic (exact) mass is 240 g/mol. The summed E-state index contributed by atoms with van der Waals surface area (Å²) in [5, 5.41) is 4.01. The molecule has 3 heteroatoms. The molecular formula is C13H21ClN2. The summed E-state index contributed by atoms with van der Waals surface area (Å²) in [6.07, 6.45) is 1.18. The van der Waals surface area contributed by atoms with Crippen molar-refractivity contribution in [1.29, 1.82) is 0 Å². The Kier molecular flexibility index (Phi) is 6.46. The van der Waals surface area contributed by atoms with E-state index in [9.17, 15) is 0 Å². The largest absolute Gasteiger partial charge is 0.318 e. The van der Waals surface area contributed by atoms with E-state index in [1.165, 1.54) is 12.0 Å². The van der Waals surface area contributed by atoms with Crippen molar-refractivity contribution in [3.8, 4) is 0 Å². The van der Waals surface area contributed by atoms with E-state index < -0.39 is 0 Å². The molecule has 1 rings (SSSR count). The molecule has 0 aliphatic heterocycles. The van der Waals surface area contributed by atoms with E-state index in [4.69, 9.17) is 11.6 Å². The van der Waals surface area contributed by atoms with Gasteiger partial charge in [0.25, 0.3) is 0 Å². The SMILES string of the molecule is CCCN(CCNC)Cc1cccc(Cl)c1. The predicted molar refractivity (Wildman–Crippen MR) is 70.9 cm³/mol. The van der Waals surface area contributed by atoms with Crippen molar-refractivity contribution in [2.24, 2.45) is 0 Å². The van der Waals surface area contributed by atoms with Gasteiger partial charge in [0.05, 0.1) is 0 Å². The number of halogens is 1. The van der Waals surface area contributed by atoms with Crippen molar-refractivity contribution in [3.05, 3.63) is 34.9 Å². The number of likely N-dealkylation sites (N-methyl/N-ethyl adjacent to an activating group) is 1. The maximum absolute atomic E-state index is 5.98. The molecule has 0 saturated heterocycles. The molecule has 0 fully saturated rings. The van der Waals surface area contributed by atoms with E-state index in [1.807, 2.05) is 25.2 Å². The molecule has 2 nitrogen and oxygen atoms in total. The fourth-order valence-corrected chi connectivity index (χ4v) is 1.96. The number of hydrogen-bond donors (Lipinski definition) is 1. The number of nitrogens with zero attached hydrogens (tertiary/aromatic N) is 1. The Labute approximate surface area is 104 Å². The summed E-state index contributed by atoms with van der Waals surface area (Å²) in [7, 11) is 1.99. The van der Waals surface area contributed by atoms with E-state index in [0.29, 0.717) is 0 Å². The molecule has 0 radical (unpaired) electrons. The van der Waals surface area contributed by atoms with Gasteiger partial charge in [0.2, 0.25) is 0 Å². The quantitative estimate of drug-likeness (QED) is 0.789. The second kappa shape index (κ2) is 7.66. The van der Waals surface area contributed by atoms with Gasteiger partial charge in [-0.25, -0.2) is 0 Å². The Morgan fingerprint density at radius 1 is 1.31 bits per heavy atom. The van der Waals surface area contributed by atoms with Gasteiger partial charge in [0.1, 0.15) is 0 Å². The van der Waals surface area contributed by atoms with E-state index in [-0.39, 0.29) is 0 Å². The van der Waals surface area contributed by atoms with Crippen LogP contribution in [0.2, 0.25) is 5.02 Å². The van der Waals surface area contributed by atoms with Crippen LogP contribution < -0.4 is 5.32 Å². The van der Waals surface area contributed by atoms with Crippen LogP contribution in [0.25, 0.3) is 0 Å². The van der Waals surface area contributed by atoms with Gasteiger partial charge >= 0.3 is 0 Å². The topological polar surface area (TPSA) is 15.3 Å². The standard InChI is InChI=1S/C13H21ClN2/c1-3-8-16(9-7-15-2)11-12-5-4-6-13(14)10-12/h4-6,10,15H,3,7-9,11H2,1-2H3. The lowest BCUT2D eigenvalue weighted by Gasteiger charge is -2.21. The molecule has 0 bridgehead atoms. The predicted octanol–water partition coefficient (Wildman–Crippen LogP) is 2.77. The molecule has 0 amide bonds. The highest BCUT2D eigenvalue weighted by molar-refractivity contribution is 6.30. The van der Waals surface area contributed by atoms with Gasteiger partial charge < -0.3 is 5.32 Å². The van der Waals surface area contributed by atoms with Gasteiger partial charge in [-0.1, -0.05) is 30.7 Å². The maximum Gasteiger partial charge on any atom is 0.0409 e. The van der Waals surface area contributed by atoms with Crippen LogP contribution in [-0.4, -0.2) is 31.6 Å². The molecule has 0 aliphatic carbocycles. The third-order valence-electron chi connectivity index (χ3n) is 2.51. The number of hydrogen-bond acceptors (Lipinski definition) is 2. The van der Waals surface area contributed by atoms with Gasteiger partial charge in [-0.05, 0) is 37.7 Å². The lowest BCUT2D eigenvalue weighted by atomic mass is 10.2. The van der Waals surface area contributed by atoms with Crippen molar-refractivity contribution in [3.63, 3.8) is 0 Å². The van der Waals surface area contributed by atoms with Crippen LogP contribution in [0.4, 0.5) is 0 Å². The summed E-state index contributed by atoms with van der Waals surface area (Å²) in [6, 6.07) is 8.11. The molecule has 90 valence electrons. The lowest BCUT2D eigenvalue weighted by molar-refractivity contribution is 0.268. The fraction of sp³-hybridized carbons (Fsp3) is 0.538. The minimum Gasteiger partial charge on any atom is -0.318 e. The summed E-state index contributed by atoms with van der Waals surface area (Å²) in [6.45, 7) is 6.44. The van der Waals surface area contributed by atoms with Crippen molar-refractivity contribution in [2.75, 3.05) is 26.7 Å². The zero-order valence-electron chi connectivity index (χ0n) is 10.2. The van der Waals surface area contributed by atoms with Crippen molar-refractivity contribution < 1.29 is 0 Å². The highest BCUT2D eigenvalue weighted by atomic mass is 35.5. The summed E-state index contributed by atoms with van der Waals surface area (Å²) in [4.78, 5) is 2.45. The van der Waals surface area contributed by atoms with E-state index in [0.717, 1.165) is 31.2 Å². The molecule has 0 spiro atoms. The third kappa shape index (κ3) is 4.97. The number of benzene rings is 1. The minimum absolute atomic E-state index is 0.822. The number of rotatable bonds is 7. The molecule has 0 heterocycles. The second-order valence-electron chi connectivity index (χ2n) is 4.01. The Morgan fingerprint density at radius 2 is 2.12 bits per heavy atom. The van der Waals surface area contributed by atoms with Crippen LogP contribution in [-0.2, 0) is 6.54 Å². The molecule has 1 N–H and O–H groups in total. The average Bonchev–Trinajstić information content (AvgIpc) is 2.26. The Hall–Kier alpha value is -0.570. The molecule has 0 atom stereocenters. The van der Waals surface area contributed by atoms with E-state index in [1.54, 1.807) is 0 Å². The van der Waals surface area contributed by atoms with Crippen LogP contribution in [0.1, 0.15) is 18.9 Å². The van der Waals surface area contributed by atoms with Crippen LogP contribution >= 0.6 is 11.6 Å². The van der Waals surface area contributed by atoms with E-state index >= 15 is 0 Å².